The van der Waals surface area contributed by atoms with Gasteiger partial charge in [-0.2, -0.15) is 5.10 Å². The third kappa shape index (κ3) is 2.59. The van der Waals surface area contributed by atoms with Crippen LogP contribution >= 0.6 is 0 Å². The summed E-state index contributed by atoms with van der Waals surface area (Å²) in [4.78, 5) is 30.6. The first-order chi connectivity index (χ1) is 12.1. The van der Waals surface area contributed by atoms with Crippen molar-refractivity contribution in [2.75, 3.05) is 5.32 Å². The van der Waals surface area contributed by atoms with E-state index < -0.39 is 0 Å². The molecular formula is C17H13N5O3. The molecule has 0 unspecified atom stereocenters. The van der Waals surface area contributed by atoms with E-state index in [4.69, 9.17) is 4.42 Å². The van der Waals surface area contributed by atoms with Gasteiger partial charge in [0.05, 0.1) is 24.5 Å². The third-order valence-corrected chi connectivity index (χ3v) is 3.81. The van der Waals surface area contributed by atoms with Crippen LogP contribution in [0.25, 0.3) is 16.7 Å². The van der Waals surface area contributed by atoms with Crippen molar-refractivity contribution < 1.29 is 9.21 Å². The number of benzene rings is 1. The lowest BCUT2D eigenvalue weighted by atomic mass is 10.2. The summed E-state index contributed by atoms with van der Waals surface area (Å²) in [5, 5.41) is 7.38. The Labute approximate surface area is 141 Å². The van der Waals surface area contributed by atoms with Crippen LogP contribution in [0, 0.1) is 6.92 Å². The summed E-state index contributed by atoms with van der Waals surface area (Å²) in [6.45, 7) is 1.80. The molecule has 0 aliphatic carbocycles. The van der Waals surface area contributed by atoms with E-state index in [1.807, 2.05) is 0 Å². The molecule has 0 aliphatic rings. The lowest BCUT2D eigenvalue weighted by Crippen LogP contribution is -2.12. The molecule has 0 aliphatic heterocycles. The summed E-state index contributed by atoms with van der Waals surface area (Å²) >= 11 is 0. The molecule has 1 aromatic carbocycles. The molecule has 8 heteroatoms. The monoisotopic (exact) mass is 335 g/mol. The van der Waals surface area contributed by atoms with Crippen molar-refractivity contribution in [2.45, 2.75) is 6.92 Å². The molecule has 0 spiro atoms. The zero-order valence-corrected chi connectivity index (χ0v) is 13.2. The van der Waals surface area contributed by atoms with Crippen LogP contribution in [-0.2, 0) is 0 Å². The second-order valence-electron chi connectivity index (χ2n) is 5.46. The number of aromatic amines is 1. The Morgan fingerprint density at radius 2 is 2.04 bits per heavy atom. The van der Waals surface area contributed by atoms with Crippen LogP contribution in [0.2, 0.25) is 0 Å². The minimum absolute atomic E-state index is 0.242. The quantitative estimate of drug-likeness (QED) is 0.597. The van der Waals surface area contributed by atoms with E-state index >= 15 is 0 Å². The van der Waals surface area contributed by atoms with Crippen molar-refractivity contribution in [3.63, 3.8) is 0 Å². The largest absolute Gasteiger partial charge is 0.459 e. The number of furan rings is 1. The van der Waals surface area contributed by atoms with E-state index in [0.29, 0.717) is 16.7 Å². The Morgan fingerprint density at radius 3 is 2.76 bits per heavy atom. The summed E-state index contributed by atoms with van der Waals surface area (Å²) in [5.74, 6) is -0.0291. The number of hydrogen-bond donors (Lipinski definition) is 2. The van der Waals surface area contributed by atoms with Crippen molar-refractivity contribution in [2.24, 2.45) is 0 Å². The Kier molecular flexibility index (Phi) is 3.42. The number of carbonyl (C=O) groups is 1. The summed E-state index contributed by atoms with van der Waals surface area (Å²) in [5.41, 5.74) is 2.33. The van der Waals surface area contributed by atoms with Crippen molar-refractivity contribution >= 4 is 22.6 Å². The van der Waals surface area contributed by atoms with Gasteiger partial charge in [-0.05, 0) is 37.3 Å². The highest BCUT2D eigenvalue weighted by atomic mass is 16.3. The van der Waals surface area contributed by atoms with E-state index in [1.54, 1.807) is 41.9 Å². The molecule has 8 nitrogen and oxygen atoms in total. The van der Waals surface area contributed by atoms with Gasteiger partial charge in [0.15, 0.2) is 11.4 Å². The molecule has 4 rings (SSSR count). The fourth-order valence-electron chi connectivity index (χ4n) is 2.52. The smallest absolute Gasteiger partial charge is 0.291 e. The molecule has 2 N–H and O–H groups in total. The zero-order valence-electron chi connectivity index (χ0n) is 13.2. The van der Waals surface area contributed by atoms with Crippen LogP contribution in [0.15, 0.2) is 58.3 Å². The first-order valence-electron chi connectivity index (χ1n) is 7.51. The molecule has 0 saturated carbocycles. The number of H-pyrrole nitrogens is 1. The molecule has 25 heavy (non-hydrogen) atoms. The van der Waals surface area contributed by atoms with Gasteiger partial charge in [-0.3, -0.25) is 9.59 Å². The number of aryl methyl sites for hydroxylation is 1. The first kappa shape index (κ1) is 14.9. The molecule has 0 fully saturated rings. The number of hydrogen-bond acceptors (Lipinski definition) is 5. The average molecular weight is 335 g/mol. The second kappa shape index (κ2) is 5.75. The molecule has 3 heterocycles. The minimum atomic E-state index is -0.312. The van der Waals surface area contributed by atoms with Gasteiger partial charge < -0.3 is 14.7 Å². The van der Waals surface area contributed by atoms with Crippen LogP contribution in [0.3, 0.4) is 0 Å². The number of fused-ring (bicyclic) bond motifs is 1. The number of aromatic nitrogens is 4. The van der Waals surface area contributed by atoms with Crippen LogP contribution in [0.5, 0.6) is 0 Å². The number of anilines is 1. The maximum atomic E-state index is 12.2. The van der Waals surface area contributed by atoms with Crippen molar-refractivity contribution in [1.29, 1.82) is 0 Å². The number of carbonyl (C=O) groups excluding carboxylic acids is 1. The van der Waals surface area contributed by atoms with E-state index in [9.17, 15) is 9.59 Å². The van der Waals surface area contributed by atoms with E-state index in [0.717, 1.165) is 11.3 Å². The van der Waals surface area contributed by atoms with Gasteiger partial charge >= 0.3 is 0 Å². The van der Waals surface area contributed by atoms with E-state index in [1.165, 1.54) is 18.8 Å². The molecule has 0 radical (unpaired) electrons. The third-order valence-electron chi connectivity index (χ3n) is 3.81. The fraction of sp³-hybridized carbons (Fsp3) is 0.0588. The number of nitrogens with zero attached hydrogens (tertiary/aromatic N) is 3. The van der Waals surface area contributed by atoms with E-state index in [-0.39, 0.29) is 17.2 Å². The predicted octanol–water partition coefficient (Wildman–Crippen LogP) is 2.26. The molecule has 124 valence electrons. The van der Waals surface area contributed by atoms with Crippen LogP contribution in [0.4, 0.5) is 5.69 Å². The predicted molar refractivity (Wildman–Crippen MR) is 90.9 cm³/mol. The highest BCUT2D eigenvalue weighted by molar-refractivity contribution is 6.03. The normalized spacial score (nSPS) is 10.9. The SMILES string of the molecule is Cc1ccoc1C(=O)Nc1ccc(-n2ncc3c(=O)[nH]cnc32)cc1. The average Bonchev–Trinajstić information content (AvgIpc) is 3.23. The maximum Gasteiger partial charge on any atom is 0.291 e. The number of nitrogens with one attached hydrogen (secondary N) is 2. The topological polar surface area (TPSA) is 106 Å². The molecule has 1 amide bonds. The highest BCUT2D eigenvalue weighted by Gasteiger charge is 2.13. The fourth-order valence-corrected chi connectivity index (χ4v) is 2.52. The van der Waals surface area contributed by atoms with Crippen LogP contribution in [0.1, 0.15) is 16.1 Å². The van der Waals surface area contributed by atoms with Gasteiger partial charge in [0.2, 0.25) is 0 Å². The first-order valence-corrected chi connectivity index (χ1v) is 7.51. The molecular weight excluding hydrogens is 322 g/mol. The minimum Gasteiger partial charge on any atom is -0.459 e. The van der Waals surface area contributed by atoms with Gasteiger partial charge in [0.25, 0.3) is 11.5 Å². The number of amides is 1. The highest BCUT2D eigenvalue weighted by Crippen LogP contribution is 2.18. The van der Waals surface area contributed by atoms with Crippen molar-refractivity contribution in [1.82, 2.24) is 19.7 Å². The lowest BCUT2D eigenvalue weighted by Gasteiger charge is -2.06. The standard InChI is InChI=1S/C17H13N5O3/c1-10-6-7-25-14(10)17(24)21-11-2-4-12(5-3-11)22-15-13(8-20-22)16(23)19-9-18-15/h2-9H,1H3,(H,21,24)(H,18,19,23). The summed E-state index contributed by atoms with van der Waals surface area (Å²) in [7, 11) is 0. The van der Waals surface area contributed by atoms with Crippen LogP contribution < -0.4 is 10.9 Å². The van der Waals surface area contributed by atoms with Crippen LogP contribution in [-0.4, -0.2) is 25.7 Å². The maximum absolute atomic E-state index is 12.2. The van der Waals surface area contributed by atoms with E-state index in [2.05, 4.69) is 20.4 Å². The molecule has 0 bridgehead atoms. The van der Waals surface area contributed by atoms with Gasteiger partial charge in [0.1, 0.15) is 5.39 Å². The Balaban J connectivity index is 1.62. The Morgan fingerprint density at radius 1 is 1.24 bits per heavy atom. The lowest BCUT2D eigenvalue weighted by molar-refractivity contribution is 0.0996. The molecule has 4 aromatic rings. The van der Waals surface area contributed by atoms with Gasteiger partial charge in [-0.15, -0.1) is 0 Å². The summed E-state index contributed by atoms with van der Waals surface area (Å²) in [6.07, 6.45) is 4.28. The molecule has 3 aromatic heterocycles. The van der Waals surface area contributed by atoms with Gasteiger partial charge in [-0.25, -0.2) is 9.67 Å². The molecule has 0 saturated heterocycles. The zero-order chi connectivity index (χ0) is 17.4. The Bertz CT molecular complexity index is 1120. The summed E-state index contributed by atoms with van der Waals surface area (Å²) < 4.78 is 6.74. The van der Waals surface area contributed by atoms with Crippen molar-refractivity contribution in [3.8, 4) is 5.69 Å². The van der Waals surface area contributed by atoms with Crippen molar-refractivity contribution in [3.05, 3.63) is 70.8 Å². The summed E-state index contributed by atoms with van der Waals surface area (Å²) in [6, 6.07) is 8.77. The van der Waals surface area contributed by atoms with Gasteiger partial charge in [0, 0.05) is 11.3 Å². The Hall–Kier alpha value is -3.68. The number of rotatable bonds is 3. The van der Waals surface area contributed by atoms with Gasteiger partial charge in [-0.1, -0.05) is 0 Å². The molecule has 0 atom stereocenters. The second-order valence-corrected chi connectivity index (χ2v) is 5.46.